The molecule has 7 nitrogen and oxygen atoms in total. The van der Waals surface area contributed by atoms with Gasteiger partial charge in [0.15, 0.2) is 0 Å². The van der Waals surface area contributed by atoms with Gasteiger partial charge >= 0.3 is 0 Å². The van der Waals surface area contributed by atoms with Gasteiger partial charge in [0.05, 0.1) is 10.6 Å². The normalized spacial score (nSPS) is 13.6. The molecule has 0 aromatic heterocycles. The fraction of sp³-hybridized carbons (Fsp3) is 0.0714. The number of benzene rings is 2. The van der Waals surface area contributed by atoms with Crippen molar-refractivity contribution in [2.45, 2.75) is 6.92 Å². The molecule has 0 saturated heterocycles. The fourth-order valence-corrected chi connectivity index (χ4v) is 2.13. The van der Waals surface area contributed by atoms with Crippen LogP contribution in [0.1, 0.15) is 6.92 Å². The number of hydrogen-bond acceptors (Lipinski definition) is 5. The van der Waals surface area contributed by atoms with Crippen molar-refractivity contribution < 1.29 is 22.8 Å². The Morgan fingerprint density at radius 2 is 1.77 bits per heavy atom. The van der Waals surface area contributed by atoms with Gasteiger partial charge in [-0.2, -0.15) is 5.43 Å². The second-order valence-corrected chi connectivity index (χ2v) is 4.62. The molecule has 0 fully saturated rings. The standard InChI is InChI=1S/C14H13N5O2.ClH/c1-11-15-17(12-6-3-2-4-7-12)18(16-11)13-8-5-9-14(10-13)19(20)21;/h2-10H,1H3,(H,15,16);1H. The van der Waals surface area contributed by atoms with Crippen LogP contribution >= 0.6 is 0 Å². The summed E-state index contributed by atoms with van der Waals surface area (Å²) in [6.07, 6.45) is 0. The van der Waals surface area contributed by atoms with Crippen molar-refractivity contribution in [3.8, 4) is 0 Å². The molecule has 0 aliphatic carbocycles. The van der Waals surface area contributed by atoms with Gasteiger partial charge in [-0.05, 0) is 18.2 Å². The number of para-hydroxylation sites is 1. The summed E-state index contributed by atoms with van der Waals surface area (Å²) in [5.74, 6) is 0.824. The molecular weight excluding hydrogens is 306 g/mol. The van der Waals surface area contributed by atoms with Crippen LogP contribution in [0.2, 0.25) is 0 Å². The van der Waals surface area contributed by atoms with Crippen LogP contribution in [0.5, 0.6) is 0 Å². The number of amidine groups is 1. The van der Waals surface area contributed by atoms with E-state index in [9.17, 15) is 10.1 Å². The summed E-state index contributed by atoms with van der Waals surface area (Å²) in [4.78, 5) is 10.5. The van der Waals surface area contributed by atoms with Gasteiger partial charge < -0.3 is 12.4 Å². The van der Waals surface area contributed by atoms with E-state index in [-0.39, 0.29) is 18.1 Å². The average Bonchev–Trinajstić information content (AvgIpc) is 2.90. The van der Waals surface area contributed by atoms with E-state index in [1.165, 1.54) is 12.1 Å². The minimum atomic E-state index is -0.410. The third kappa shape index (κ3) is 3.00. The molecule has 0 saturated carbocycles. The summed E-state index contributed by atoms with van der Waals surface area (Å²) < 4.78 is 0. The number of hydrogen-bond donors (Lipinski definition) is 1. The predicted octanol–water partition coefficient (Wildman–Crippen LogP) is -1.35. The van der Waals surface area contributed by atoms with E-state index in [0.29, 0.717) is 5.69 Å². The highest BCUT2D eigenvalue weighted by Crippen LogP contribution is 2.25. The molecule has 0 radical (unpaired) electrons. The highest BCUT2D eigenvalue weighted by Gasteiger charge is 2.28. The lowest BCUT2D eigenvalue weighted by Gasteiger charge is -2.23. The van der Waals surface area contributed by atoms with Crippen molar-refractivity contribution in [1.29, 1.82) is 0 Å². The Labute approximate surface area is 133 Å². The Morgan fingerprint density at radius 3 is 2.45 bits per heavy atom. The third-order valence-electron chi connectivity index (χ3n) is 3.06. The van der Waals surface area contributed by atoms with Crippen molar-refractivity contribution in [1.82, 2.24) is 0 Å². The maximum Gasteiger partial charge on any atom is 0.271 e. The molecule has 3 rings (SSSR count). The molecule has 22 heavy (non-hydrogen) atoms. The van der Waals surface area contributed by atoms with Crippen LogP contribution in [0.4, 0.5) is 17.1 Å². The molecule has 0 spiro atoms. The number of nitro groups is 1. The molecule has 2 aromatic carbocycles. The van der Waals surface area contributed by atoms with Gasteiger partial charge in [0.25, 0.3) is 5.69 Å². The first-order valence-electron chi connectivity index (χ1n) is 6.44. The molecule has 2 aromatic rings. The molecule has 0 atom stereocenters. The second-order valence-electron chi connectivity index (χ2n) is 4.62. The summed E-state index contributed by atoms with van der Waals surface area (Å²) in [5, 5.41) is 18.8. The lowest BCUT2D eigenvalue weighted by Crippen LogP contribution is -3.00. The number of nitrogens with zero attached hydrogens (tertiary/aromatic N) is 4. The molecule has 8 heteroatoms. The van der Waals surface area contributed by atoms with Gasteiger partial charge in [-0.15, -0.1) is 10.2 Å². The van der Waals surface area contributed by atoms with Gasteiger partial charge in [-0.1, -0.05) is 29.4 Å². The zero-order chi connectivity index (χ0) is 14.8. The highest BCUT2D eigenvalue weighted by atomic mass is 35.5. The minimum Gasteiger partial charge on any atom is -1.00 e. The second kappa shape index (κ2) is 6.42. The molecule has 0 unspecified atom stereocenters. The number of nitrogens with two attached hydrogens (primary N) is 1. The summed E-state index contributed by atoms with van der Waals surface area (Å²) in [7, 11) is 0. The van der Waals surface area contributed by atoms with Gasteiger partial charge in [0.2, 0.25) is 5.84 Å². The first-order chi connectivity index (χ1) is 10.1. The van der Waals surface area contributed by atoms with E-state index in [4.69, 9.17) is 0 Å². The van der Waals surface area contributed by atoms with Crippen LogP contribution in [0.3, 0.4) is 0 Å². The van der Waals surface area contributed by atoms with Gasteiger partial charge in [-0.25, -0.2) is 0 Å². The fourth-order valence-electron chi connectivity index (χ4n) is 2.13. The lowest BCUT2D eigenvalue weighted by atomic mass is 10.3. The van der Waals surface area contributed by atoms with Crippen molar-refractivity contribution in [2.24, 2.45) is 5.10 Å². The minimum absolute atomic E-state index is 0. The SMILES string of the molecule is CC1=NN(c2cccc([N+](=O)[O-])c2)N(c2ccccc2)[NH2+]1.[Cl-]. The number of rotatable bonds is 3. The van der Waals surface area contributed by atoms with Crippen LogP contribution in [0.15, 0.2) is 59.7 Å². The molecular formula is C14H14ClN5O2. The number of halogens is 1. The summed E-state index contributed by atoms with van der Waals surface area (Å²) in [5.41, 5.74) is 3.50. The number of quaternary nitrogens is 1. The van der Waals surface area contributed by atoms with Gasteiger partial charge in [0.1, 0.15) is 5.69 Å². The maximum absolute atomic E-state index is 10.9. The van der Waals surface area contributed by atoms with Crippen LogP contribution in [-0.2, 0) is 0 Å². The third-order valence-corrected chi connectivity index (χ3v) is 3.06. The van der Waals surface area contributed by atoms with Gasteiger partial charge in [-0.3, -0.25) is 10.1 Å². The summed E-state index contributed by atoms with van der Waals surface area (Å²) in [6, 6.07) is 16.1. The first-order valence-corrected chi connectivity index (χ1v) is 6.44. The van der Waals surface area contributed by atoms with Gasteiger partial charge in [0, 0.05) is 19.1 Å². The lowest BCUT2D eigenvalue weighted by molar-refractivity contribution is -0.547. The molecule has 0 amide bonds. The van der Waals surface area contributed by atoms with Crippen LogP contribution in [-0.4, -0.2) is 10.8 Å². The highest BCUT2D eigenvalue weighted by molar-refractivity contribution is 5.76. The molecule has 1 heterocycles. The smallest absolute Gasteiger partial charge is 0.271 e. The Bertz CT molecular complexity index is 707. The number of hydrazone groups is 1. The quantitative estimate of drug-likeness (QED) is 0.431. The zero-order valence-corrected chi connectivity index (χ0v) is 12.5. The first kappa shape index (κ1) is 15.7. The van der Waals surface area contributed by atoms with Crippen LogP contribution in [0, 0.1) is 10.1 Å². The molecule has 2 N–H and O–H groups in total. The van der Waals surface area contributed by atoms with Crippen molar-refractivity contribution in [2.75, 3.05) is 10.2 Å². The molecule has 114 valence electrons. The van der Waals surface area contributed by atoms with Crippen molar-refractivity contribution in [3.63, 3.8) is 0 Å². The van der Waals surface area contributed by atoms with E-state index < -0.39 is 4.92 Å². The number of nitro benzene ring substituents is 1. The van der Waals surface area contributed by atoms with Crippen LogP contribution < -0.4 is 28.1 Å². The Kier molecular flexibility index (Phi) is 4.59. The number of non-ortho nitro benzene ring substituents is 1. The van der Waals surface area contributed by atoms with E-state index in [0.717, 1.165) is 11.5 Å². The van der Waals surface area contributed by atoms with Crippen LogP contribution in [0.25, 0.3) is 0 Å². The molecule has 1 aliphatic heterocycles. The average molecular weight is 320 g/mol. The maximum atomic E-state index is 10.9. The number of anilines is 2. The van der Waals surface area contributed by atoms with Crippen molar-refractivity contribution in [3.05, 3.63) is 64.7 Å². The van der Waals surface area contributed by atoms with Crippen molar-refractivity contribution >= 4 is 22.9 Å². The van der Waals surface area contributed by atoms with E-state index in [1.54, 1.807) is 17.3 Å². The van der Waals surface area contributed by atoms with E-state index >= 15 is 0 Å². The predicted molar refractivity (Wildman–Crippen MR) is 79.5 cm³/mol. The topological polar surface area (TPSA) is 78.6 Å². The number of hydrazine groups is 1. The summed E-state index contributed by atoms with van der Waals surface area (Å²) in [6.45, 7) is 1.88. The molecule has 1 aliphatic rings. The Hall–Kier alpha value is -2.64. The largest absolute Gasteiger partial charge is 1.00 e. The monoisotopic (exact) mass is 319 g/mol. The zero-order valence-electron chi connectivity index (χ0n) is 11.8. The van der Waals surface area contributed by atoms with E-state index in [2.05, 4.69) is 5.10 Å². The molecule has 0 bridgehead atoms. The van der Waals surface area contributed by atoms with E-state index in [1.807, 2.05) is 47.8 Å². The Morgan fingerprint density at radius 1 is 1.09 bits per heavy atom. The Balaban J connectivity index is 0.00000176. The summed E-state index contributed by atoms with van der Waals surface area (Å²) >= 11 is 0.